The molecule has 0 saturated carbocycles. The number of rotatable bonds is 6. The fraction of sp³-hybridized carbons (Fsp3) is 0.250. The molecule has 0 fully saturated rings. The van der Waals surface area contributed by atoms with Crippen molar-refractivity contribution in [3.8, 4) is 10.6 Å². The monoisotopic (exact) mass is 383 g/mol. The number of thiophene rings is 1. The Labute approximate surface area is 159 Å². The topological polar surface area (TPSA) is 56.3 Å². The molecule has 4 rings (SSSR count). The number of nitrogens with zero attached hydrogens (tertiary/aromatic N) is 1. The number of benzene rings is 1. The number of aryl methyl sites for hydroxylation is 2. The number of Topliss-reactive ketones (excluding diaryl/α,β-unsaturated/α-hetero) is 1. The Kier molecular flexibility index (Phi) is 4.95. The third-order valence-corrected chi connectivity index (χ3v) is 6.05. The highest BCUT2D eigenvalue weighted by Crippen LogP contribution is 2.26. The minimum atomic E-state index is -0.429. The van der Waals surface area contributed by atoms with Gasteiger partial charge in [0.2, 0.25) is 0 Å². The van der Waals surface area contributed by atoms with Gasteiger partial charge in [0.1, 0.15) is 5.01 Å². The molecule has 0 bridgehead atoms. The van der Waals surface area contributed by atoms with Gasteiger partial charge >= 0.3 is 5.97 Å². The maximum Gasteiger partial charge on any atom is 0.312 e. The molecule has 0 atom stereocenters. The van der Waals surface area contributed by atoms with Gasteiger partial charge in [0, 0.05) is 21.9 Å². The van der Waals surface area contributed by atoms with Gasteiger partial charge in [0.05, 0.1) is 12.1 Å². The minimum absolute atomic E-state index is 0.0815. The number of hydrogen-bond donors (Lipinski definition) is 0. The van der Waals surface area contributed by atoms with Gasteiger partial charge in [0.15, 0.2) is 12.4 Å². The van der Waals surface area contributed by atoms with Crippen molar-refractivity contribution in [3.05, 3.63) is 62.8 Å². The lowest BCUT2D eigenvalue weighted by Gasteiger charge is -2.05. The predicted molar refractivity (Wildman–Crippen MR) is 103 cm³/mol. The summed E-state index contributed by atoms with van der Waals surface area (Å²) in [5.74, 6) is -0.591. The van der Waals surface area contributed by atoms with Crippen LogP contribution in [0, 0.1) is 0 Å². The standard InChI is InChI=1S/C20H17NO3S2/c22-18(15-5-4-13-2-1-3-14(13)8-15)10-24-19(23)9-17-12-26-20(21-17)16-6-7-25-11-16/h4-8,11-12H,1-3,9-10H2. The van der Waals surface area contributed by atoms with Crippen LogP contribution in [0.3, 0.4) is 0 Å². The van der Waals surface area contributed by atoms with Gasteiger partial charge in [-0.15, -0.1) is 11.3 Å². The van der Waals surface area contributed by atoms with Crippen molar-refractivity contribution in [1.82, 2.24) is 4.98 Å². The summed E-state index contributed by atoms with van der Waals surface area (Å²) in [5.41, 5.74) is 4.92. The number of carbonyl (C=O) groups is 2. The van der Waals surface area contributed by atoms with Crippen LogP contribution < -0.4 is 0 Å². The van der Waals surface area contributed by atoms with Crippen molar-refractivity contribution in [2.75, 3.05) is 6.61 Å². The van der Waals surface area contributed by atoms with Gasteiger partial charge in [-0.2, -0.15) is 11.3 Å². The van der Waals surface area contributed by atoms with E-state index in [-0.39, 0.29) is 18.8 Å². The molecule has 3 aromatic rings. The SMILES string of the molecule is O=C(Cc1csc(-c2ccsc2)n1)OCC(=O)c1ccc2c(c1)CCC2. The van der Waals surface area contributed by atoms with Crippen molar-refractivity contribution in [2.45, 2.75) is 25.7 Å². The predicted octanol–water partition coefficient (Wildman–Crippen LogP) is 4.33. The third kappa shape index (κ3) is 3.76. The van der Waals surface area contributed by atoms with Crippen molar-refractivity contribution in [1.29, 1.82) is 0 Å². The molecule has 0 spiro atoms. The highest BCUT2D eigenvalue weighted by atomic mass is 32.1. The van der Waals surface area contributed by atoms with Gasteiger partial charge in [-0.1, -0.05) is 12.1 Å². The van der Waals surface area contributed by atoms with Crippen LogP contribution in [-0.2, 0) is 28.8 Å². The second-order valence-electron chi connectivity index (χ2n) is 6.25. The Morgan fingerprint density at radius 1 is 1.12 bits per heavy atom. The van der Waals surface area contributed by atoms with E-state index in [0.717, 1.165) is 29.8 Å². The number of thiazole rings is 1. The Hall–Kier alpha value is -2.31. The summed E-state index contributed by atoms with van der Waals surface area (Å²) in [6.07, 6.45) is 3.33. The van der Waals surface area contributed by atoms with Gasteiger partial charge < -0.3 is 4.74 Å². The van der Waals surface area contributed by atoms with E-state index in [2.05, 4.69) is 4.98 Å². The second-order valence-corrected chi connectivity index (χ2v) is 7.89. The average Bonchev–Trinajstić information content (AvgIpc) is 3.38. The Morgan fingerprint density at radius 2 is 2.00 bits per heavy atom. The maximum absolute atomic E-state index is 12.3. The van der Waals surface area contributed by atoms with Gasteiger partial charge in [0.25, 0.3) is 0 Å². The van der Waals surface area contributed by atoms with E-state index in [4.69, 9.17) is 4.74 Å². The van der Waals surface area contributed by atoms with Gasteiger partial charge in [-0.05, 0) is 47.9 Å². The van der Waals surface area contributed by atoms with Crippen molar-refractivity contribution < 1.29 is 14.3 Å². The highest BCUT2D eigenvalue weighted by molar-refractivity contribution is 7.14. The zero-order chi connectivity index (χ0) is 17.9. The summed E-state index contributed by atoms with van der Waals surface area (Å²) in [5, 5.41) is 6.77. The first kappa shape index (κ1) is 17.1. The summed E-state index contributed by atoms with van der Waals surface area (Å²) in [6, 6.07) is 7.78. The highest BCUT2D eigenvalue weighted by Gasteiger charge is 2.16. The third-order valence-electron chi connectivity index (χ3n) is 4.43. The van der Waals surface area contributed by atoms with E-state index in [1.165, 1.54) is 22.5 Å². The van der Waals surface area contributed by atoms with Crippen LogP contribution in [0.4, 0.5) is 0 Å². The number of fused-ring (bicyclic) bond motifs is 1. The quantitative estimate of drug-likeness (QED) is 0.470. The molecule has 1 aromatic carbocycles. The maximum atomic E-state index is 12.3. The molecule has 6 heteroatoms. The second kappa shape index (κ2) is 7.51. The molecular formula is C20H17NO3S2. The molecule has 0 radical (unpaired) electrons. The number of esters is 1. The molecule has 4 nitrogen and oxygen atoms in total. The normalized spacial score (nSPS) is 12.8. The molecule has 2 aromatic heterocycles. The first-order valence-corrected chi connectivity index (χ1v) is 10.3. The lowest BCUT2D eigenvalue weighted by Crippen LogP contribution is -2.16. The van der Waals surface area contributed by atoms with E-state index in [0.29, 0.717) is 11.3 Å². The summed E-state index contributed by atoms with van der Waals surface area (Å²) in [6.45, 7) is -0.223. The molecular weight excluding hydrogens is 366 g/mol. The molecule has 0 N–H and O–H groups in total. The van der Waals surface area contributed by atoms with Crippen LogP contribution in [0.5, 0.6) is 0 Å². The fourth-order valence-corrected chi connectivity index (χ4v) is 4.61. The molecule has 26 heavy (non-hydrogen) atoms. The zero-order valence-electron chi connectivity index (χ0n) is 14.1. The fourth-order valence-electron chi connectivity index (χ4n) is 3.08. The zero-order valence-corrected chi connectivity index (χ0v) is 15.7. The van der Waals surface area contributed by atoms with Crippen molar-refractivity contribution >= 4 is 34.4 Å². The first-order valence-electron chi connectivity index (χ1n) is 8.46. The first-order chi connectivity index (χ1) is 12.7. The van der Waals surface area contributed by atoms with Crippen LogP contribution in [-0.4, -0.2) is 23.3 Å². The number of ketones is 1. The molecule has 2 heterocycles. The van der Waals surface area contributed by atoms with Crippen LogP contribution in [0.15, 0.2) is 40.4 Å². The van der Waals surface area contributed by atoms with E-state index < -0.39 is 5.97 Å². The van der Waals surface area contributed by atoms with Crippen molar-refractivity contribution in [2.24, 2.45) is 0 Å². The molecule has 132 valence electrons. The summed E-state index contributed by atoms with van der Waals surface area (Å²) in [7, 11) is 0. The van der Waals surface area contributed by atoms with E-state index in [1.54, 1.807) is 11.3 Å². The molecule has 1 aliphatic carbocycles. The largest absolute Gasteiger partial charge is 0.457 e. The number of hydrogen-bond acceptors (Lipinski definition) is 6. The number of ether oxygens (including phenoxy) is 1. The summed E-state index contributed by atoms with van der Waals surface area (Å²) >= 11 is 3.11. The lowest BCUT2D eigenvalue weighted by molar-refractivity contribution is -0.141. The average molecular weight is 383 g/mol. The Balaban J connectivity index is 1.32. The van der Waals surface area contributed by atoms with Crippen molar-refractivity contribution in [3.63, 3.8) is 0 Å². The lowest BCUT2D eigenvalue weighted by atomic mass is 10.0. The smallest absolute Gasteiger partial charge is 0.312 e. The van der Waals surface area contributed by atoms with Crippen LogP contribution >= 0.6 is 22.7 Å². The molecule has 0 saturated heterocycles. The minimum Gasteiger partial charge on any atom is -0.457 e. The van der Waals surface area contributed by atoms with Crippen LogP contribution in [0.25, 0.3) is 10.6 Å². The number of aromatic nitrogens is 1. The Bertz CT molecular complexity index is 944. The molecule has 1 aliphatic rings. The summed E-state index contributed by atoms with van der Waals surface area (Å²) in [4.78, 5) is 28.8. The van der Waals surface area contributed by atoms with Gasteiger partial charge in [-0.25, -0.2) is 4.98 Å². The van der Waals surface area contributed by atoms with Crippen LogP contribution in [0.1, 0.15) is 33.6 Å². The van der Waals surface area contributed by atoms with E-state index in [1.807, 2.05) is 40.4 Å². The summed E-state index contributed by atoms with van der Waals surface area (Å²) < 4.78 is 5.16. The molecule has 0 unspecified atom stereocenters. The van der Waals surface area contributed by atoms with E-state index in [9.17, 15) is 9.59 Å². The van der Waals surface area contributed by atoms with Crippen LogP contribution in [0.2, 0.25) is 0 Å². The van der Waals surface area contributed by atoms with Gasteiger partial charge in [-0.3, -0.25) is 9.59 Å². The molecule has 0 amide bonds. The molecule has 0 aliphatic heterocycles. The Morgan fingerprint density at radius 3 is 2.85 bits per heavy atom. The van der Waals surface area contributed by atoms with E-state index >= 15 is 0 Å². The number of carbonyl (C=O) groups excluding carboxylic acids is 2.